The minimum atomic E-state index is -3.58. The molecule has 0 bridgehead atoms. The van der Waals surface area contributed by atoms with Crippen molar-refractivity contribution < 1.29 is 21.6 Å². The largest absolute Gasteiger partial charge is 0.414 e. The molecule has 0 aromatic carbocycles. The van der Waals surface area contributed by atoms with Crippen molar-refractivity contribution in [3.63, 3.8) is 0 Å². The van der Waals surface area contributed by atoms with Crippen molar-refractivity contribution in [2.24, 2.45) is 0 Å². The van der Waals surface area contributed by atoms with E-state index in [4.69, 9.17) is 4.42 Å². The highest BCUT2D eigenvalue weighted by Gasteiger charge is 2.24. The van der Waals surface area contributed by atoms with Crippen LogP contribution >= 0.6 is 11.3 Å². The molecule has 12 heteroatoms. The van der Waals surface area contributed by atoms with Crippen LogP contribution in [0.5, 0.6) is 0 Å². The maximum atomic E-state index is 12.6. The first kappa shape index (κ1) is 20.3. The van der Waals surface area contributed by atoms with E-state index in [0.29, 0.717) is 15.6 Å². The fourth-order valence-electron chi connectivity index (χ4n) is 2.31. The zero-order valence-electron chi connectivity index (χ0n) is 15.0. The van der Waals surface area contributed by atoms with Crippen molar-refractivity contribution in [2.75, 3.05) is 10.1 Å². The summed E-state index contributed by atoms with van der Waals surface area (Å²) in [5.41, 5.74) is 1.27. The lowest BCUT2D eigenvalue weighted by Crippen LogP contribution is -2.31. The molecule has 0 fully saturated rings. The number of hydrogen-bond acceptors (Lipinski definition) is 8. The number of sulfonamides is 1. The molecule has 8 nitrogen and oxygen atoms in total. The summed E-state index contributed by atoms with van der Waals surface area (Å²) in [4.78, 5) is 8.80. The lowest BCUT2D eigenvalue weighted by atomic mass is 10.3. The van der Waals surface area contributed by atoms with Crippen molar-refractivity contribution in [3.05, 3.63) is 41.1 Å². The Morgan fingerprint density at radius 1 is 1.18 bits per heavy atom. The molecule has 3 aromatic heterocycles. The number of anilines is 1. The SMILES string of the molecule is CCc1ccc(N(Cc2ncc(-c3nnc(C(F)F)o3)s2)S(=O)(=O)CC)cn1. The number of aryl methyl sites for hydroxylation is 1. The quantitative estimate of drug-likeness (QED) is 0.540. The highest BCUT2D eigenvalue weighted by Crippen LogP contribution is 2.29. The predicted octanol–water partition coefficient (Wildman–Crippen LogP) is 3.44. The summed E-state index contributed by atoms with van der Waals surface area (Å²) in [5, 5.41) is 7.30. The topological polar surface area (TPSA) is 102 Å². The number of halogens is 2. The number of pyridine rings is 1. The van der Waals surface area contributed by atoms with Gasteiger partial charge in [-0.15, -0.1) is 21.5 Å². The average Bonchev–Trinajstić information content (AvgIpc) is 3.35. The Hall–Kier alpha value is -2.47. The Morgan fingerprint density at radius 3 is 2.54 bits per heavy atom. The third-order valence-electron chi connectivity index (χ3n) is 3.83. The lowest BCUT2D eigenvalue weighted by Gasteiger charge is -2.22. The normalized spacial score (nSPS) is 11.9. The fraction of sp³-hybridized carbons (Fsp3) is 0.375. The highest BCUT2D eigenvalue weighted by atomic mass is 32.2. The van der Waals surface area contributed by atoms with E-state index in [1.54, 1.807) is 19.1 Å². The first-order chi connectivity index (χ1) is 13.3. The zero-order chi connectivity index (χ0) is 20.3. The molecule has 0 saturated heterocycles. The van der Waals surface area contributed by atoms with Gasteiger partial charge in [0, 0.05) is 5.69 Å². The smallest absolute Gasteiger partial charge is 0.314 e. The molecule has 0 saturated carbocycles. The Kier molecular flexibility index (Phi) is 5.98. The maximum absolute atomic E-state index is 12.6. The van der Waals surface area contributed by atoms with Crippen molar-refractivity contribution >= 4 is 27.0 Å². The Labute approximate surface area is 164 Å². The number of rotatable bonds is 8. The van der Waals surface area contributed by atoms with Gasteiger partial charge < -0.3 is 4.42 Å². The van der Waals surface area contributed by atoms with Gasteiger partial charge in [-0.2, -0.15) is 8.78 Å². The van der Waals surface area contributed by atoms with Crippen LogP contribution < -0.4 is 4.31 Å². The highest BCUT2D eigenvalue weighted by molar-refractivity contribution is 7.92. The monoisotopic (exact) mass is 429 g/mol. The summed E-state index contributed by atoms with van der Waals surface area (Å²) in [6, 6.07) is 3.46. The van der Waals surface area contributed by atoms with Crippen molar-refractivity contribution in [1.29, 1.82) is 0 Å². The van der Waals surface area contributed by atoms with Crippen LogP contribution in [0.3, 0.4) is 0 Å². The minimum Gasteiger partial charge on any atom is -0.414 e. The molecule has 0 N–H and O–H groups in total. The van der Waals surface area contributed by atoms with E-state index in [-0.39, 0.29) is 18.2 Å². The fourth-order valence-corrected chi connectivity index (χ4v) is 4.28. The molecule has 0 radical (unpaired) electrons. The third kappa shape index (κ3) is 4.33. The number of nitrogens with zero attached hydrogens (tertiary/aromatic N) is 5. The number of thiazole rings is 1. The molecule has 0 aliphatic heterocycles. The molecule has 0 aliphatic rings. The van der Waals surface area contributed by atoms with Crippen LogP contribution in [-0.4, -0.2) is 34.3 Å². The molecule has 0 unspecified atom stereocenters. The molecule has 0 spiro atoms. The van der Waals surface area contributed by atoms with E-state index < -0.39 is 22.3 Å². The van der Waals surface area contributed by atoms with E-state index in [9.17, 15) is 17.2 Å². The molecule has 0 aliphatic carbocycles. The van der Waals surface area contributed by atoms with Gasteiger partial charge in [0.15, 0.2) is 0 Å². The molecular weight excluding hydrogens is 412 g/mol. The Morgan fingerprint density at radius 2 is 1.96 bits per heavy atom. The molecule has 3 heterocycles. The van der Waals surface area contributed by atoms with E-state index in [1.807, 2.05) is 6.92 Å². The molecule has 3 rings (SSSR count). The Balaban J connectivity index is 1.87. The van der Waals surface area contributed by atoms with Crippen LogP contribution in [0.4, 0.5) is 14.5 Å². The van der Waals surface area contributed by atoms with Crippen LogP contribution in [0.15, 0.2) is 28.9 Å². The summed E-state index contributed by atoms with van der Waals surface area (Å²) < 4.78 is 56.5. The standard InChI is InChI=1S/C16H17F2N5O3S2/c1-3-10-5-6-11(7-19-10)23(28(24,25)4-2)9-13-20-8-12(27-13)15-21-22-16(26-15)14(17)18/h5-8,14H,3-4,9H2,1-2H3. The zero-order valence-corrected chi connectivity index (χ0v) is 16.7. The molecule has 0 amide bonds. The van der Waals surface area contributed by atoms with Crippen molar-refractivity contribution in [2.45, 2.75) is 33.2 Å². The van der Waals surface area contributed by atoms with E-state index in [1.165, 1.54) is 16.7 Å². The van der Waals surface area contributed by atoms with Gasteiger partial charge in [-0.25, -0.2) is 13.4 Å². The van der Waals surface area contributed by atoms with Gasteiger partial charge in [0.2, 0.25) is 10.0 Å². The van der Waals surface area contributed by atoms with Gasteiger partial charge >= 0.3 is 6.43 Å². The van der Waals surface area contributed by atoms with Gasteiger partial charge in [-0.1, -0.05) is 6.92 Å². The summed E-state index contributed by atoms with van der Waals surface area (Å²) in [5.74, 6) is -0.956. The number of hydrogen-bond donors (Lipinski definition) is 0. The summed E-state index contributed by atoms with van der Waals surface area (Å²) in [6.07, 6.45) is 0.768. The van der Waals surface area contributed by atoms with Crippen LogP contribution in [0.2, 0.25) is 0 Å². The minimum absolute atomic E-state index is 0.0240. The van der Waals surface area contributed by atoms with Gasteiger partial charge in [0.05, 0.1) is 30.4 Å². The van der Waals surface area contributed by atoms with Gasteiger partial charge in [0.1, 0.15) is 9.88 Å². The van der Waals surface area contributed by atoms with Crippen molar-refractivity contribution in [3.8, 4) is 10.8 Å². The molecule has 3 aromatic rings. The van der Waals surface area contributed by atoms with Crippen LogP contribution in [0.25, 0.3) is 10.8 Å². The molecule has 150 valence electrons. The summed E-state index contributed by atoms with van der Waals surface area (Å²) >= 11 is 1.09. The van der Waals surface area contributed by atoms with Gasteiger partial charge in [0.25, 0.3) is 11.8 Å². The van der Waals surface area contributed by atoms with Crippen molar-refractivity contribution in [1.82, 2.24) is 20.2 Å². The van der Waals surface area contributed by atoms with Crippen LogP contribution in [0.1, 0.15) is 36.9 Å². The molecular formula is C16H17F2N5O3S2. The van der Waals surface area contributed by atoms with E-state index in [2.05, 4.69) is 20.2 Å². The summed E-state index contributed by atoms with van der Waals surface area (Å²) in [6.45, 7) is 3.48. The van der Waals surface area contributed by atoms with Crippen LogP contribution in [0, 0.1) is 0 Å². The Bertz CT molecular complexity index is 1030. The third-order valence-corrected chi connectivity index (χ3v) is 6.54. The second kappa shape index (κ2) is 8.27. The first-order valence-electron chi connectivity index (χ1n) is 8.36. The number of alkyl halides is 2. The molecule has 0 atom stereocenters. The predicted molar refractivity (Wildman–Crippen MR) is 99.6 cm³/mol. The number of aromatic nitrogens is 4. The second-order valence-electron chi connectivity index (χ2n) is 5.63. The van der Waals surface area contributed by atoms with Gasteiger partial charge in [-0.05, 0) is 25.5 Å². The molecule has 28 heavy (non-hydrogen) atoms. The average molecular weight is 429 g/mol. The van der Waals surface area contributed by atoms with E-state index >= 15 is 0 Å². The van der Waals surface area contributed by atoms with Gasteiger partial charge in [-0.3, -0.25) is 9.29 Å². The maximum Gasteiger partial charge on any atom is 0.314 e. The van der Waals surface area contributed by atoms with E-state index in [0.717, 1.165) is 23.5 Å². The second-order valence-corrected chi connectivity index (χ2v) is 8.93. The lowest BCUT2D eigenvalue weighted by molar-refractivity contribution is 0.116. The summed E-state index contributed by atoms with van der Waals surface area (Å²) in [7, 11) is -3.58. The first-order valence-corrected chi connectivity index (χ1v) is 10.8. The van der Waals surface area contributed by atoms with Crippen LogP contribution in [-0.2, 0) is 23.0 Å².